The topological polar surface area (TPSA) is 76.1 Å². The Hall–Kier alpha value is -3.06. The molecule has 2 aromatic carbocycles. The molecular weight excluding hydrogens is 335 g/mol. The molecule has 0 unspecified atom stereocenters. The summed E-state index contributed by atoms with van der Waals surface area (Å²) < 4.78 is 18.2. The third kappa shape index (κ3) is 4.52. The zero-order valence-electron chi connectivity index (χ0n) is 14.3. The Balaban J connectivity index is 1.58. The molecule has 0 atom stereocenters. The highest BCUT2D eigenvalue weighted by atomic mass is 19.1. The molecule has 1 aromatic heterocycles. The maximum Gasteiger partial charge on any atom is 0.250 e. The smallest absolute Gasteiger partial charge is 0.250 e. The summed E-state index contributed by atoms with van der Waals surface area (Å²) in [5.74, 6) is 0.101. The van der Waals surface area contributed by atoms with Crippen molar-refractivity contribution < 1.29 is 13.9 Å². The Bertz CT molecular complexity index is 900. The summed E-state index contributed by atoms with van der Waals surface area (Å²) >= 11 is 0. The van der Waals surface area contributed by atoms with Crippen molar-refractivity contribution in [2.75, 3.05) is 30.9 Å². The lowest BCUT2D eigenvalue weighted by Gasteiger charge is -2.09. The number of methoxy groups -OCH3 is 1. The van der Waals surface area contributed by atoms with Gasteiger partial charge in [-0.25, -0.2) is 14.4 Å². The summed E-state index contributed by atoms with van der Waals surface area (Å²) in [6.45, 7) is 0.664. The molecule has 0 saturated heterocycles. The minimum atomic E-state index is -0.318. The van der Waals surface area contributed by atoms with Crippen molar-refractivity contribution in [3.63, 3.8) is 0 Å². The third-order valence-electron chi connectivity index (χ3n) is 3.82. The van der Waals surface area contributed by atoms with E-state index in [1.807, 2.05) is 24.3 Å². The molecule has 1 heterocycles. The van der Waals surface area contributed by atoms with Crippen LogP contribution < -0.4 is 10.6 Å². The van der Waals surface area contributed by atoms with Crippen LogP contribution >= 0.6 is 0 Å². The lowest BCUT2D eigenvalue weighted by Crippen LogP contribution is -2.17. The highest BCUT2D eigenvalue weighted by Gasteiger charge is 2.05. The summed E-state index contributed by atoms with van der Waals surface area (Å²) in [5.41, 5.74) is 2.52. The fourth-order valence-corrected chi connectivity index (χ4v) is 2.58. The van der Waals surface area contributed by atoms with Crippen molar-refractivity contribution in [1.82, 2.24) is 9.97 Å². The van der Waals surface area contributed by atoms with Gasteiger partial charge in [-0.2, -0.15) is 0 Å². The molecule has 3 rings (SSSR count). The van der Waals surface area contributed by atoms with Gasteiger partial charge in [0.05, 0.1) is 5.52 Å². The third-order valence-corrected chi connectivity index (χ3v) is 3.82. The molecule has 0 saturated carbocycles. The molecule has 0 fully saturated rings. The first kappa shape index (κ1) is 17.8. The minimum absolute atomic E-state index is 0.0269. The number of rotatable bonds is 7. The Morgan fingerprint density at radius 1 is 1.15 bits per heavy atom. The van der Waals surface area contributed by atoms with Gasteiger partial charge in [-0.05, 0) is 42.3 Å². The van der Waals surface area contributed by atoms with Crippen LogP contribution in [0.25, 0.3) is 10.9 Å². The van der Waals surface area contributed by atoms with Crippen molar-refractivity contribution in [3.8, 4) is 0 Å². The molecule has 26 heavy (non-hydrogen) atoms. The van der Waals surface area contributed by atoms with Crippen LogP contribution in [0, 0.1) is 5.82 Å². The second kappa shape index (κ2) is 8.35. The quantitative estimate of drug-likeness (QED) is 0.682. The van der Waals surface area contributed by atoms with Crippen LogP contribution in [0.4, 0.5) is 15.9 Å². The number of fused-ring (bicyclic) bond motifs is 1. The predicted octanol–water partition coefficient (Wildman–Crippen LogP) is 3.01. The molecule has 0 aliphatic rings. The summed E-state index contributed by atoms with van der Waals surface area (Å²) in [6.07, 6.45) is 2.22. The average molecular weight is 354 g/mol. The number of amides is 1. The van der Waals surface area contributed by atoms with Gasteiger partial charge < -0.3 is 15.4 Å². The molecule has 0 radical (unpaired) electrons. The summed E-state index contributed by atoms with van der Waals surface area (Å²) in [6, 6.07) is 12.0. The highest BCUT2D eigenvalue weighted by molar-refractivity contribution is 5.91. The maximum absolute atomic E-state index is 13.5. The van der Waals surface area contributed by atoms with Gasteiger partial charge >= 0.3 is 0 Å². The SMILES string of the molecule is COCC(=O)Nc1ccc(CCNc2ncnc3ccc(F)cc23)cc1. The van der Waals surface area contributed by atoms with Gasteiger partial charge in [-0.15, -0.1) is 0 Å². The Kier molecular flexibility index (Phi) is 5.70. The fraction of sp³-hybridized carbons (Fsp3) is 0.211. The van der Waals surface area contributed by atoms with Gasteiger partial charge in [0.2, 0.25) is 5.91 Å². The number of ether oxygens (including phenoxy) is 1. The molecule has 6 nitrogen and oxygen atoms in total. The molecule has 0 aliphatic carbocycles. The number of aromatic nitrogens is 2. The standard InChI is InChI=1S/C19H19FN4O2/c1-26-11-18(25)24-15-5-2-13(3-6-15)8-9-21-19-16-10-14(20)4-7-17(16)22-12-23-19/h2-7,10,12H,8-9,11H2,1H3,(H,24,25)(H,21,22,23). The van der Waals surface area contributed by atoms with E-state index in [1.54, 1.807) is 6.07 Å². The first-order valence-electron chi connectivity index (χ1n) is 8.17. The zero-order chi connectivity index (χ0) is 18.4. The van der Waals surface area contributed by atoms with Gasteiger partial charge in [-0.3, -0.25) is 4.79 Å². The van der Waals surface area contributed by atoms with E-state index in [1.165, 1.54) is 25.6 Å². The summed E-state index contributed by atoms with van der Waals surface area (Å²) in [4.78, 5) is 19.8. The number of anilines is 2. The lowest BCUT2D eigenvalue weighted by atomic mass is 10.1. The largest absolute Gasteiger partial charge is 0.375 e. The van der Waals surface area contributed by atoms with Crippen LogP contribution in [0.2, 0.25) is 0 Å². The zero-order valence-corrected chi connectivity index (χ0v) is 14.3. The molecule has 134 valence electrons. The number of carbonyl (C=O) groups is 1. The van der Waals surface area contributed by atoms with Gasteiger partial charge in [0.1, 0.15) is 24.6 Å². The molecule has 0 aliphatic heterocycles. The maximum atomic E-state index is 13.5. The summed E-state index contributed by atoms with van der Waals surface area (Å²) in [7, 11) is 1.48. The summed E-state index contributed by atoms with van der Waals surface area (Å²) in [5, 5.41) is 6.62. The number of nitrogens with one attached hydrogen (secondary N) is 2. The van der Waals surface area contributed by atoms with Crippen molar-refractivity contribution in [2.45, 2.75) is 6.42 Å². The van der Waals surface area contributed by atoms with Gasteiger partial charge in [0.15, 0.2) is 0 Å². The van der Waals surface area contributed by atoms with Crippen molar-refractivity contribution in [2.24, 2.45) is 0 Å². The van der Waals surface area contributed by atoms with E-state index >= 15 is 0 Å². The molecule has 0 spiro atoms. The highest BCUT2D eigenvalue weighted by Crippen LogP contribution is 2.20. The van der Waals surface area contributed by atoms with Gasteiger partial charge in [0, 0.05) is 24.7 Å². The molecular formula is C19H19FN4O2. The Morgan fingerprint density at radius 3 is 2.73 bits per heavy atom. The van der Waals surface area contributed by atoms with Gasteiger partial charge in [-0.1, -0.05) is 12.1 Å². The minimum Gasteiger partial charge on any atom is -0.375 e. The van der Waals surface area contributed by atoms with E-state index in [9.17, 15) is 9.18 Å². The number of benzene rings is 2. The first-order chi connectivity index (χ1) is 12.7. The van der Waals surface area contributed by atoms with E-state index in [2.05, 4.69) is 20.6 Å². The second-order valence-corrected chi connectivity index (χ2v) is 5.74. The fourth-order valence-electron chi connectivity index (χ4n) is 2.58. The van der Waals surface area contributed by atoms with E-state index in [0.29, 0.717) is 23.3 Å². The van der Waals surface area contributed by atoms with Gasteiger partial charge in [0.25, 0.3) is 0 Å². The molecule has 0 bridgehead atoms. The number of carbonyl (C=O) groups excluding carboxylic acids is 1. The van der Waals surface area contributed by atoms with E-state index in [0.717, 1.165) is 17.7 Å². The number of nitrogens with zero attached hydrogens (tertiary/aromatic N) is 2. The monoisotopic (exact) mass is 354 g/mol. The second-order valence-electron chi connectivity index (χ2n) is 5.74. The lowest BCUT2D eigenvalue weighted by molar-refractivity contribution is -0.119. The molecule has 2 N–H and O–H groups in total. The van der Waals surface area contributed by atoms with Crippen molar-refractivity contribution in [3.05, 3.63) is 60.2 Å². The number of halogens is 1. The van der Waals surface area contributed by atoms with E-state index < -0.39 is 0 Å². The first-order valence-corrected chi connectivity index (χ1v) is 8.17. The van der Waals surface area contributed by atoms with Crippen molar-refractivity contribution in [1.29, 1.82) is 0 Å². The molecule has 3 aromatic rings. The Morgan fingerprint density at radius 2 is 1.96 bits per heavy atom. The van der Waals surface area contributed by atoms with Crippen LogP contribution in [0.5, 0.6) is 0 Å². The number of hydrogen-bond acceptors (Lipinski definition) is 5. The van der Waals surface area contributed by atoms with Crippen LogP contribution in [-0.4, -0.2) is 36.1 Å². The van der Waals surface area contributed by atoms with Crippen LogP contribution in [0.1, 0.15) is 5.56 Å². The molecule has 7 heteroatoms. The van der Waals surface area contributed by atoms with Crippen LogP contribution in [0.3, 0.4) is 0 Å². The molecule has 1 amide bonds. The normalized spacial score (nSPS) is 10.7. The average Bonchev–Trinajstić information content (AvgIpc) is 2.64. The van der Waals surface area contributed by atoms with E-state index in [-0.39, 0.29) is 18.3 Å². The van der Waals surface area contributed by atoms with Crippen LogP contribution in [0.15, 0.2) is 48.8 Å². The predicted molar refractivity (Wildman–Crippen MR) is 98.6 cm³/mol. The number of hydrogen-bond donors (Lipinski definition) is 2. The van der Waals surface area contributed by atoms with Crippen molar-refractivity contribution >= 4 is 28.3 Å². The Labute approximate surface area is 150 Å². The van der Waals surface area contributed by atoms with E-state index in [4.69, 9.17) is 4.74 Å². The van der Waals surface area contributed by atoms with Crippen LogP contribution in [-0.2, 0) is 16.0 Å².